The van der Waals surface area contributed by atoms with Gasteiger partial charge < -0.3 is 15.2 Å². The molecule has 0 radical (unpaired) electrons. The molecule has 2 N–H and O–H groups in total. The molecule has 1 aliphatic heterocycles. The van der Waals surface area contributed by atoms with Gasteiger partial charge in [0.15, 0.2) is 5.79 Å². The maximum atomic E-state index is 5.84. The first-order valence-corrected chi connectivity index (χ1v) is 4.97. The molecule has 0 unspecified atom stereocenters. The summed E-state index contributed by atoms with van der Waals surface area (Å²) >= 11 is 0. The third-order valence-electron chi connectivity index (χ3n) is 2.49. The van der Waals surface area contributed by atoms with Gasteiger partial charge in [0.2, 0.25) is 0 Å². The average molecular weight is 208 g/mol. The molecule has 4 heteroatoms. The molecule has 1 aromatic rings. The molecule has 15 heavy (non-hydrogen) atoms. The Kier molecular flexibility index (Phi) is 2.20. The minimum atomic E-state index is -0.555. The van der Waals surface area contributed by atoms with E-state index in [4.69, 9.17) is 15.2 Å². The molecule has 0 amide bonds. The zero-order valence-electron chi connectivity index (χ0n) is 9.28. The van der Waals surface area contributed by atoms with E-state index in [0.29, 0.717) is 12.3 Å². The molecular formula is C11H16N2O2. The quantitative estimate of drug-likeness (QED) is 0.762. The molecule has 2 rings (SSSR count). The smallest absolute Gasteiger partial charge is 0.164 e. The van der Waals surface area contributed by atoms with E-state index in [1.165, 1.54) is 0 Å². The van der Waals surface area contributed by atoms with E-state index in [9.17, 15) is 0 Å². The van der Waals surface area contributed by atoms with Crippen LogP contribution < -0.4 is 5.73 Å². The van der Waals surface area contributed by atoms with E-state index in [2.05, 4.69) is 4.98 Å². The summed E-state index contributed by atoms with van der Waals surface area (Å²) in [5.74, 6) is -0.555. The SMILES string of the molecule is CC1(C)OC[C@@](C)(c2cc(N)ccn2)O1. The van der Waals surface area contributed by atoms with Crippen molar-refractivity contribution in [2.75, 3.05) is 12.3 Å². The molecule has 0 spiro atoms. The normalized spacial score (nSPS) is 29.3. The molecule has 0 bridgehead atoms. The summed E-state index contributed by atoms with van der Waals surface area (Å²) in [6.07, 6.45) is 1.69. The topological polar surface area (TPSA) is 57.4 Å². The molecule has 1 fully saturated rings. The zero-order valence-corrected chi connectivity index (χ0v) is 9.28. The number of rotatable bonds is 1. The van der Waals surface area contributed by atoms with Crippen LogP contribution >= 0.6 is 0 Å². The summed E-state index contributed by atoms with van der Waals surface area (Å²) in [6.45, 7) is 6.25. The van der Waals surface area contributed by atoms with Gasteiger partial charge in [0.1, 0.15) is 5.60 Å². The molecule has 0 saturated carbocycles. The zero-order chi connectivity index (χ0) is 11.1. The van der Waals surface area contributed by atoms with E-state index >= 15 is 0 Å². The highest BCUT2D eigenvalue weighted by Gasteiger charge is 2.44. The van der Waals surface area contributed by atoms with E-state index in [-0.39, 0.29) is 0 Å². The standard InChI is InChI=1S/C11H16N2O2/c1-10(2)14-7-11(3,15-10)9-6-8(12)4-5-13-9/h4-6H,7H2,1-3H3,(H2,12,13)/t11-/m0/s1. The Morgan fingerprint density at radius 2 is 2.13 bits per heavy atom. The molecule has 82 valence electrons. The third kappa shape index (κ3) is 1.96. The van der Waals surface area contributed by atoms with Crippen LogP contribution in [0, 0.1) is 0 Å². The van der Waals surface area contributed by atoms with Gasteiger partial charge in [0, 0.05) is 11.9 Å². The Morgan fingerprint density at radius 3 is 2.67 bits per heavy atom. The van der Waals surface area contributed by atoms with Crippen molar-refractivity contribution < 1.29 is 9.47 Å². The van der Waals surface area contributed by atoms with Gasteiger partial charge in [-0.1, -0.05) is 0 Å². The Labute approximate surface area is 89.4 Å². The summed E-state index contributed by atoms with van der Waals surface area (Å²) in [7, 11) is 0. The number of anilines is 1. The predicted molar refractivity (Wildman–Crippen MR) is 57.1 cm³/mol. The largest absolute Gasteiger partial charge is 0.399 e. The van der Waals surface area contributed by atoms with E-state index in [0.717, 1.165) is 5.69 Å². The van der Waals surface area contributed by atoms with Gasteiger partial charge in [-0.25, -0.2) is 0 Å². The Bertz CT molecular complexity index is 379. The molecule has 1 atom stereocenters. The number of nitrogens with two attached hydrogens (primary N) is 1. The van der Waals surface area contributed by atoms with Crippen molar-refractivity contribution in [3.05, 3.63) is 24.0 Å². The molecule has 4 nitrogen and oxygen atoms in total. The number of hydrogen-bond acceptors (Lipinski definition) is 4. The highest BCUT2D eigenvalue weighted by molar-refractivity contribution is 5.39. The average Bonchev–Trinajstić information content (AvgIpc) is 2.42. The second kappa shape index (κ2) is 3.18. The molecule has 0 aromatic carbocycles. The minimum absolute atomic E-state index is 0.496. The first kappa shape index (κ1) is 10.4. The van der Waals surface area contributed by atoms with Crippen LogP contribution in [0.5, 0.6) is 0 Å². The number of hydrogen-bond donors (Lipinski definition) is 1. The van der Waals surface area contributed by atoms with Crippen LogP contribution in [0.4, 0.5) is 5.69 Å². The molecule has 1 saturated heterocycles. The Morgan fingerprint density at radius 1 is 1.40 bits per heavy atom. The first-order chi connectivity index (χ1) is 6.91. The highest BCUT2D eigenvalue weighted by Crippen LogP contribution is 2.37. The van der Waals surface area contributed by atoms with Crippen LogP contribution in [-0.2, 0) is 15.1 Å². The number of ether oxygens (including phenoxy) is 2. The summed E-state index contributed by atoms with van der Waals surface area (Å²) < 4.78 is 11.4. The fourth-order valence-electron chi connectivity index (χ4n) is 1.78. The summed E-state index contributed by atoms with van der Waals surface area (Å²) in [5, 5.41) is 0. The Hall–Kier alpha value is -1.13. The second-order valence-corrected chi connectivity index (χ2v) is 4.50. The van der Waals surface area contributed by atoms with Crippen molar-refractivity contribution in [1.29, 1.82) is 0 Å². The van der Waals surface area contributed by atoms with Gasteiger partial charge >= 0.3 is 0 Å². The maximum absolute atomic E-state index is 5.84. The molecular weight excluding hydrogens is 192 g/mol. The third-order valence-corrected chi connectivity index (χ3v) is 2.49. The lowest BCUT2D eigenvalue weighted by Gasteiger charge is -2.24. The van der Waals surface area contributed by atoms with Crippen molar-refractivity contribution in [3.8, 4) is 0 Å². The van der Waals surface area contributed by atoms with Gasteiger partial charge in [0.05, 0.1) is 12.3 Å². The maximum Gasteiger partial charge on any atom is 0.164 e. The summed E-state index contributed by atoms with van der Waals surface area (Å²) in [5.41, 5.74) is 6.72. The fourth-order valence-corrected chi connectivity index (χ4v) is 1.78. The van der Waals surface area contributed by atoms with E-state index < -0.39 is 11.4 Å². The monoisotopic (exact) mass is 208 g/mol. The summed E-state index contributed by atoms with van der Waals surface area (Å²) in [6, 6.07) is 3.58. The minimum Gasteiger partial charge on any atom is -0.399 e. The van der Waals surface area contributed by atoms with Crippen LogP contribution in [0.2, 0.25) is 0 Å². The number of nitrogen functional groups attached to an aromatic ring is 1. The van der Waals surface area contributed by atoms with Crippen LogP contribution in [0.3, 0.4) is 0 Å². The summed E-state index contributed by atoms with van der Waals surface area (Å²) in [4.78, 5) is 4.27. The van der Waals surface area contributed by atoms with Crippen molar-refractivity contribution in [2.24, 2.45) is 0 Å². The van der Waals surface area contributed by atoms with Crippen LogP contribution in [0.25, 0.3) is 0 Å². The molecule has 1 aliphatic rings. The van der Waals surface area contributed by atoms with Gasteiger partial charge in [-0.15, -0.1) is 0 Å². The first-order valence-electron chi connectivity index (χ1n) is 4.97. The van der Waals surface area contributed by atoms with Crippen LogP contribution in [-0.4, -0.2) is 17.4 Å². The molecule has 2 heterocycles. The molecule has 0 aliphatic carbocycles. The van der Waals surface area contributed by atoms with Crippen molar-refractivity contribution in [3.63, 3.8) is 0 Å². The molecule has 1 aromatic heterocycles. The van der Waals surface area contributed by atoms with Crippen molar-refractivity contribution in [1.82, 2.24) is 4.98 Å². The van der Waals surface area contributed by atoms with Crippen molar-refractivity contribution in [2.45, 2.75) is 32.2 Å². The van der Waals surface area contributed by atoms with Crippen molar-refractivity contribution >= 4 is 5.69 Å². The van der Waals surface area contributed by atoms with Gasteiger partial charge in [-0.3, -0.25) is 4.98 Å². The fraction of sp³-hybridized carbons (Fsp3) is 0.545. The number of nitrogens with zero attached hydrogens (tertiary/aromatic N) is 1. The number of pyridine rings is 1. The predicted octanol–water partition coefficient (Wildman–Crippen LogP) is 1.66. The lowest BCUT2D eigenvalue weighted by Crippen LogP contribution is -2.29. The van der Waals surface area contributed by atoms with Gasteiger partial charge in [-0.2, -0.15) is 0 Å². The lowest BCUT2D eigenvalue weighted by molar-refractivity contribution is -0.160. The van der Waals surface area contributed by atoms with Crippen LogP contribution in [0.1, 0.15) is 26.5 Å². The number of aromatic nitrogens is 1. The highest BCUT2D eigenvalue weighted by atomic mass is 16.8. The lowest BCUT2D eigenvalue weighted by atomic mass is 10.0. The van der Waals surface area contributed by atoms with E-state index in [1.54, 1.807) is 12.3 Å². The second-order valence-electron chi connectivity index (χ2n) is 4.50. The van der Waals surface area contributed by atoms with Gasteiger partial charge in [0.25, 0.3) is 0 Å². The van der Waals surface area contributed by atoms with E-state index in [1.807, 2.05) is 26.8 Å². The van der Waals surface area contributed by atoms with Gasteiger partial charge in [-0.05, 0) is 32.9 Å². The van der Waals surface area contributed by atoms with Crippen LogP contribution in [0.15, 0.2) is 18.3 Å². The Balaban J connectivity index is 2.31.